The quantitative estimate of drug-likeness (QED) is 0.546. The lowest BCUT2D eigenvalue weighted by atomic mass is 10.1. The van der Waals surface area contributed by atoms with E-state index in [0.717, 1.165) is 41.4 Å². The van der Waals surface area contributed by atoms with Crippen molar-refractivity contribution in [1.29, 1.82) is 0 Å². The summed E-state index contributed by atoms with van der Waals surface area (Å²) < 4.78 is 7.47. The fourth-order valence-electron chi connectivity index (χ4n) is 3.22. The zero-order valence-corrected chi connectivity index (χ0v) is 18.1. The van der Waals surface area contributed by atoms with Crippen LogP contribution in [-0.4, -0.2) is 38.8 Å². The first kappa shape index (κ1) is 20.8. The Kier molecular flexibility index (Phi) is 6.66. The molecule has 0 saturated carbocycles. The number of aromatic nitrogens is 4. The summed E-state index contributed by atoms with van der Waals surface area (Å²) >= 11 is 7.60. The molecule has 1 atom stereocenters. The molecule has 1 N–H and O–H groups in total. The van der Waals surface area contributed by atoms with E-state index in [-0.39, 0.29) is 12.0 Å². The molecule has 1 fully saturated rings. The van der Waals surface area contributed by atoms with Gasteiger partial charge in [0.1, 0.15) is 0 Å². The summed E-state index contributed by atoms with van der Waals surface area (Å²) in [7, 11) is 0. The number of hydrogen-bond acceptors (Lipinski definition) is 6. The van der Waals surface area contributed by atoms with Crippen molar-refractivity contribution in [3.63, 3.8) is 0 Å². The summed E-state index contributed by atoms with van der Waals surface area (Å²) in [5.41, 5.74) is 3.33. The lowest BCUT2D eigenvalue weighted by molar-refractivity contribution is 0.0911. The molecule has 0 unspecified atom stereocenters. The molecular weight excluding hydrogens is 422 g/mol. The van der Waals surface area contributed by atoms with Crippen LogP contribution in [0.15, 0.2) is 47.6 Å². The normalized spacial score (nSPS) is 16.0. The van der Waals surface area contributed by atoms with E-state index in [9.17, 15) is 4.79 Å². The lowest BCUT2D eigenvalue weighted by Gasteiger charge is -2.10. The second-order valence-electron chi connectivity index (χ2n) is 7.18. The average molecular weight is 444 g/mol. The number of carbonyl (C=O) groups is 1. The summed E-state index contributed by atoms with van der Waals surface area (Å²) in [6.45, 7) is 3.40. The van der Waals surface area contributed by atoms with Crippen molar-refractivity contribution in [3.8, 4) is 0 Å². The Hall–Kier alpha value is -2.42. The van der Waals surface area contributed by atoms with Crippen molar-refractivity contribution < 1.29 is 9.53 Å². The zero-order valence-electron chi connectivity index (χ0n) is 16.5. The molecule has 3 aromatic rings. The fourth-order valence-corrected chi connectivity index (χ4v) is 4.18. The van der Waals surface area contributed by atoms with E-state index in [1.165, 1.54) is 0 Å². The summed E-state index contributed by atoms with van der Waals surface area (Å²) in [6, 6.07) is 13.0. The van der Waals surface area contributed by atoms with E-state index in [0.29, 0.717) is 22.9 Å². The molecule has 7 nitrogen and oxygen atoms in total. The van der Waals surface area contributed by atoms with E-state index in [4.69, 9.17) is 16.3 Å². The van der Waals surface area contributed by atoms with Crippen LogP contribution in [0.4, 0.5) is 5.69 Å². The fraction of sp³-hybridized carbons (Fsp3) is 0.333. The van der Waals surface area contributed by atoms with Gasteiger partial charge in [0, 0.05) is 28.6 Å². The van der Waals surface area contributed by atoms with Crippen LogP contribution in [0.25, 0.3) is 0 Å². The molecule has 0 aliphatic carbocycles. The van der Waals surface area contributed by atoms with E-state index >= 15 is 0 Å². The lowest BCUT2D eigenvalue weighted by Crippen LogP contribution is -2.16. The number of ether oxygens (including phenoxy) is 1. The third kappa shape index (κ3) is 5.19. The number of aryl methyl sites for hydroxylation is 1. The Morgan fingerprint density at radius 3 is 2.87 bits per heavy atom. The average Bonchev–Trinajstić information content (AvgIpc) is 3.42. The zero-order chi connectivity index (χ0) is 20.9. The number of halogens is 1. The maximum atomic E-state index is 12.5. The van der Waals surface area contributed by atoms with E-state index in [1.54, 1.807) is 28.6 Å². The number of tetrazole rings is 1. The first-order valence-electron chi connectivity index (χ1n) is 9.75. The van der Waals surface area contributed by atoms with Gasteiger partial charge in [-0.3, -0.25) is 4.79 Å². The molecule has 2 aromatic carbocycles. The van der Waals surface area contributed by atoms with Gasteiger partial charge in [-0.2, -0.15) is 0 Å². The van der Waals surface area contributed by atoms with Crippen LogP contribution in [0.5, 0.6) is 0 Å². The minimum absolute atomic E-state index is 0.156. The Balaban J connectivity index is 1.33. The van der Waals surface area contributed by atoms with Gasteiger partial charge in [-0.25, -0.2) is 4.68 Å². The number of thioether (sulfide) groups is 1. The van der Waals surface area contributed by atoms with Crippen LogP contribution >= 0.6 is 23.4 Å². The summed E-state index contributed by atoms with van der Waals surface area (Å²) in [4.78, 5) is 12.5. The van der Waals surface area contributed by atoms with Crippen molar-refractivity contribution >= 4 is 35.0 Å². The molecule has 2 heterocycles. The Morgan fingerprint density at radius 1 is 1.30 bits per heavy atom. The number of benzene rings is 2. The van der Waals surface area contributed by atoms with Gasteiger partial charge in [0.05, 0.1) is 12.6 Å². The van der Waals surface area contributed by atoms with E-state index in [1.807, 2.05) is 37.3 Å². The largest absolute Gasteiger partial charge is 0.376 e. The molecule has 1 amide bonds. The molecule has 1 aromatic heterocycles. The SMILES string of the molecule is Cc1cc(NC(=O)c2ccc(CSc3nnnn3C[C@@H]3CCCO3)cc2)ccc1Cl. The van der Waals surface area contributed by atoms with Crippen LogP contribution < -0.4 is 5.32 Å². The van der Waals surface area contributed by atoms with Gasteiger partial charge in [-0.1, -0.05) is 35.5 Å². The predicted molar refractivity (Wildman–Crippen MR) is 117 cm³/mol. The molecule has 1 saturated heterocycles. The van der Waals surface area contributed by atoms with Gasteiger partial charge in [-0.05, 0) is 71.7 Å². The molecule has 1 aliphatic heterocycles. The summed E-state index contributed by atoms with van der Waals surface area (Å²) in [5.74, 6) is 0.556. The Bertz CT molecular complexity index is 1020. The molecule has 1 aliphatic rings. The van der Waals surface area contributed by atoms with E-state index in [2.05, 4.69) is 20.8 Å². The highest BCUT2D eigenvalue weighted by molar-refractivity contribution is 7.98. The van der Waals surface area contributed by atoms with Crippen molar-refractivity contribution in [2.45, 2.75) is 43.3 Å². The third-order valence-electron chi connectivity index (χ3n) is 4.90. The van der Waals surface area contributed by atoms with E-state index < -0.39 is 0 Å². The highest BCUT2D eigenvalue weighted by atomic mass is 35.5. The maximum absolute atomic E-state index is 12.5. The number of anilines is 1. The van der Waals surface area contributed by atoms with Crippen LogP contribution in [0.2, 0.25) is 5.02 Å². The van der Waals surface area contributed by atoms with Crippen molar-refractivity contribution in [3.05, 3.63) is 64.2 Å². The summed E-state index contributed by atoms with van der Waals surface area (Å²) in [5, 5.41) is 16.3. The third-order valence-corrected chi connectivity index (χ3v) is 6.35. The minimum Gasteiger partial charge on any atom is -0.376 e. The molecule has 9 heteroatoms. The Labute approximate surface area is 184 Å². The Morgan fingerprint density at radius 2 is 2.13 bits per heavy atom. The molecule has 0 radical (unpaired) electrons. The van der Waals surface area contributed by atoms with Gasteiger partial charge < -0.3 is 10.1 Å². The van der Waals surface area contributed by atoms with Crippen LogP contribution in [0, 0.1) is 6.92 Å². The van der Waals surface area contributed by atoms with Gasteiger partial charge in [0.15, 0.2) is 0 Å². The molecule has 0 spiro atoms. The molecule has 0 bridgehead atoms. The highest BCUT2D eigenvalue weighted by Gasteiger charge is 2.19. The smallest absolute Gasteiger partial charge is 0.255 e. The van der Waals surface area contributed by atoms with Crippen molar-refractivity contribution in [2.75, 3.05) is 11.9 Å². The molecule has 4 rings (SSSR count). The first-order valence-corrected chi connectivity index (χ1v) is 11.1. The second kappa shape index (κ2) is 9.59. The van der Waals surface area contributed by atoms with Crippen molar-refractivity contribution in [2.24, 2.45) is 0 Å². The number of nitrogens with zero attached hydrogens (tertiary/aromatic N) is 4. The van der Waals surface area contributed by atoms with Crippen LogP contribution in [0.1, 0.15) is 34.3 Å². The van der Waals surface area contributed by atoms with Crippen LogP contribution in [0.3, 0.4) is 0 Å². The number of carbonyl (C=O) groups excluding carboxylic acids is 1. The van der Waals surface area contributed by atoms with Crippen molar-refractivity contribution in [1.82, 2.24) is 20.2 Å². The monoisotopic (exact) mass is 443 g/mol. The predicted octanol–water partition coefficient (Wildman–Crippen LogP) is 4.36. The van der Waals surface area contributed by atoms with Crippen LogP contribution in [-0.2, 0) is 17.0 Å². The molecule has 156 valence electrons. The standard InChI is InChI=1S/C21H22ClN5O2S/c1-14-11-17(8-9-19(14)22)23-20(28)16-6-4-15(5-7-16)13-30-21-24-25-26-27(21)12-18-3-2-10-29-18/h4-9,11,18H,2-3,10,12-13H2,1H3,(H,23,28)/t18-/m0/s1. The van der Waals surface area contributed by atoms with Gasteiger partial charge in [0.25, 0.3) is 5.91 Å². The topological polar surface area (TPSA) is 81.9 Å². The maximum Gasteiger partial charge on any atom is 0.255 e. The van der Waals surface area contributed by atoms with Gasteiger partial charge >= 0.3 is 0 Å². The van der Waals surface area contributed by atoms with Gasteiger partial charge in [-0.15, -0.1) is 5.10 Å². The second-order valence-corrected chi connectivity index (χ2v) is 8.53. The number of rotatable bonds is 7. The number of amides is 1. The summed E-state index contributed by atoms with van der Waals surface area (Å²) in [6.07, 6.45) is 2.32. The highest BCUT2D eigenvalue weighted by Crippen LogP contribution is 2.23. The molecular formula is C21H22ClN5O2S. The van der Waals surface area contributed by atoms with Gasteiger partial charge in [0.2, 0.25) is 5.16 Å². The first-order chi connectivity index (χ1) is 14.6. The number of hydrogen-bond donors (Lipinski definition) is 1. The molecule has 30 heavy (non-hydrogen) atoms. The minimum atomic E-state index is -0.156. The number of nitrogens with one attached hydrogen (secondary N) is 1.